The van der Waals surface area contributed by atoms with Crippen LogP contribution >= 0.6 is 22.9 Å². The smallest absolute Gasteiger partial charge is 0.0480 e. The zero-order valence-corrected chi connectivity index (χ0v) is 7.45. The van der Waals surface area contributed by atoms with Gasteiger partial charge in [-0.25, -0.2) is 0 Å². The predicted octanol–water partition coefficient (Wildman–Crippen LogP) is 3.64. The maximum Gasteiger partial charge on any atom is 0.0480 e. The van der Waals surface area contributed by atoms with Crippen LogP contribution in [0, 0.1) is 0 Å². The van der Waals surface area contributed by atoms with Crippen LogP contribution in [0.15, 0.2) is 29.6 Å². The van der Waals surface area contributed by atoms with E-state index in [1.54, 1.807) is 11.3 Å². The van der Waals surface area contributed by atoms with Crippen molar-refractivity contribution in [1.29, 1.82) is 0 Å². The number of fused-ring (bicyclic) bond motifs is 1. The van der Waals surface area contributed by atoms with E-state index in [1.165, 1.54) is 15.6 Å². The Morgan fingerprint density at radius 2 is 2.18 bits per heavy atom. The molecule has 0 aliphatic rings. The lowest BCUT2D eigenvalue weighted by Gasteiger charge is -1.95. The van der Waals surface area contributed by atoms with Gasteiger partial charge in [-0.15, -0.1) is 22.9 Å². The number of rotatable bonds is 1. The van der Waals surface area contributed by atoms with Crippen LogP contribution in [0.5, 0.6) is 0 Å². The van der Waals surface area contributed by atoms with Crippen molar-refractivity contribution >= 4 is 33.0 Å². The number of thiophene rings is 1. The van der Waals surface area contributed by atoms with E-state index in [9.17, 15) is 0 Å². The Kier molecular flexibility index (Phi) is 1.84. The van der Waals surface area contributed by atoms with Gasteiger partial charge in [0.15, 0.2) is 0 Å². The van der Waals surface area contributed by atoms with E-state index in [-0.39, 0.29) is 0 Å². The van der Waals surface area contributed by atoms with E-state index in [2.05, 4.69) is 29.6 Å². The van der Waals surface area contributed by atoms with Gasteiger partial charge >= 0.3 is 0 Å². The summed E-state index contributed by atoms with van der Waals surface area (Å²) in [5, 5.41) is 3.40. The molecule has 56 valence electrons. The maximum absolute atomic E-state index is 5.77. The molecule has 2 heteroatoms. The molecule has 0 saturated heterocycles. The van der Waals surface area contributed by atoms with E-state index >= 15 is 0 Å². The highest BCUT2D eigenvalue weighted by Gasteiger charge is 1.98. The van der Waals surface area contributed by atoms with Crippen LogP contribution in [0.2, 0.25) is 0 Å². The predicted molar refractivity (Wildman–Crippen MR) is 51.4 cm³/mol. The average Bonchev–Trinajstić information content (AvgIpc) is 2.50. The largest absolute Gasteiger partial charge is 0.144 e. The molecule has 2 rings (SSSR count). The summed E-state index contributed by atoms with van der Waals surface area (Å²) in [5.74, 6) is 0.605. The van der Waals surface area contributed by atoms with Gasteiger partial charge in [0.05, 0.1) is 0 Å². The SMILES string of the molecule is ClCc1cccc2sccc12. The number of alkyl halides is 1. The summed E-state index contributed by atoms with van der Waals surface area (Å²) in [6.07, 6.45) is 0. The van der Waals surface area contributed by atoms with Gasteiger partial charge in [-0.05, 0) is 28.5 Å². The highest BCUT2D eigenvalue weighted by molar-refractivity contribution is 7.17. The van der Waals surface area contributed by atoms with Crippen molar-refractivity contribution in [2.75, 3.05) is 0 Å². The van der Waals surface area contributed by atoms with E-state index < -0.39 is 0 Å². The first kappa shape index (κ1) is 7.14. The van der Waals surface area contributed by atoms with Crippen LogP contribution in [-0.2, 0) is 5.88 Å². The van der Waals surface area contributed by atoms with Crippen LogP contribution in [0.1, 0.15) is 5.56 Å². The molecule has 0 saturated carbocycles. The van der Waals surface area contributed by atoms with Gasteiger partial charge in [0, 0.05) is 10.6 Å². The van der Waals surface area contributed by atoms with E-state index in [4.69, 9.17) is 11.6 Å². The molecule has 0 atom stereocenters. The van der Waals surface area contributed by atoms with Gasteiger partial charge in [0.25, 0.3) is 0 Å². The second-order valence-corrected chi connectivity index (χ2v) is 3.60. The van der Waals surface area contributed by atoms with Crippen molar-refractivity contribution in [3.63, 3.8) is 0 Å². The lowest BCUT2D eigenvalue weighted by molar-refractivity contribution is 1.46. The summed E-state index contributed by atoms with van der Waals surface area (Å²) in [6, 6.07) is 8.37. The van der Waals surface area contributed by atoms with Gasteiger partial charge in [0.1, 0.15) is 0 Å². The third-order valence-electron chi connectivity index (χ3n) is 1.73. The molecule has 0 radical (unpaired) electrons. The van der Waals surface area contributed by atoms with Gasteiger partial charge in [-0.3, -0.25) is 0 Å². The highest BCUT2D eigenvalue weighted by Crippen LogP contribution is 2.24. The van der Waals surface area contributed by atoms with E-state index in [0.29, 0.717) is 5.88 Å². The van der Waals surface area contributed by atoms with Crippen LogP contribution < -0.4 is 0 Å². The van der Waals surface area contributed by atoms with Crippen molar-refractivity contribution in [1.82, 2.24) is 0 Å². The topological polar surface area (TPSA) is 0 Å². The van der Waals surface area contributed by atoms with Gasteiger partial charge in [-0.1, -0.05) is 12.1 Å². The maximum atomic E-state index is 5.77. The summed E-state index contributed by atoms with van der Waals surface area (Å²) in [5.41, 5.74) is 1.23. The van der Waals surface area contributed by atoms with Crippen molar-refractivity contribution in [2.45, 2.75) is 5.88 Å². The van der Waals surface area contributed by atoms with Crippen molar-refractivity contribution in [3.8, 4) is 0 Å². The molecule has 1 aromatic carbocycles. The molecule has 0 fully saturated rings. The molecule has 0 spiro atoms. The summed E-state index contributed by atoms with van der Waals surface area (Å²) in [7, 11) is 0. The average molecular weight is 183 g/mol. The van der Waals surface area contributed by atoms with Crippen LogP contribution in [0.4, 0.5) is 0 Å². The molecule has 11 heavy (non-hydrogen) atoms. The molecule has 0 N–H and O–H groups in total. The molecule has 1 aromatic heterocycles. The number of benzene rings is 1. The third kappa shape index (κ3) is 1.15. The number of halogens is 1. The second kappa shape index (κ2) is 2.84. The highest BCUT2D eigenvalue weighted by atomic mass is 35.5. The Morgan fingerprint density at radius 3 is 3.00 bits per heavy atom. The fourth-order valence-corrected chi connectivity index (χ4v) is 2.24. The lowest BCUT2D eigenvalue weighted by Crippen LogP contribution is -1.75. The quantitative estimate of drug-likeness (QED) is 0.591. The fourth-order valence-electron chi connectivity index (χ4n) is 1.17. The van der Waals surface area contributed by atoms with Crippen molar-refractivity contribution in [2.24, 2.45) is 0 Å². The Hall–Kier alpha value is -0.530. The molecular formula is C9H7ClS. The van der Waals surface area contributed by atoms with Crippen molar-refractivity contribution < 1.29 is 0 Å². The minimum absolute atomic E-state index is 0.605. The summed E-state index contributed by atoms with van der Waals surface area (Å²) in [4.78, 5) is 0. The normalized spacial score (nSPS) is 10.6. The number of hydrogen-bond donors (Lipinski definition) is 0. The molecular weight excluding hydrogens is 176 g/mol. The molecule has 0 unspecified atom stereocenters. The molecule has 0 nitrogen and oxygen atoms in total. The molecule has 0 aliphatic heterocycles. The third-order valence-corrected chi connectivity index (χ3v) is 2.90. The molecule has 0 aliphatic carbocycles. The van der Waals surface area contributed by atoms with Gasteiger partial charge in [0.2, 0.25) is 0 Å². The summed E-state index contributed by atoms with van der Waals surface area (Å²) in [6.45, 7) is 0. The van der Waals surface area contributed by atoms with Crippen LogP contribution in [0.25, 0.3) is 10.1 Å². The molecule has 1 heterocycles. The van der Waals surface area contributed by atoms with E-state index in [0.717, 1.165) is 0 Å². The van der Waals surface area contributed by atoms with Gasteiger partial charge in [-0.2, -0.15) is 0 Å². The monoisotopic (exact) mass is 182 g/mol. The number of hydrogen-bond acceptors (Lipinski definition) is 1. The zero-order valence-electron chi connectivity index (χ0n) is 5.88. The Bertz CT molecular complexity index is 364. The first-order valence-electron chi connectivity index (χ1n) is 3.43. The minimum atomic E-state index is 0.605. The fraction of sp³-hybridized carbons (Fsp3) is 0.111. The lowest BCUT2D eigenvalue weighted by atomic mass is 10.2. The molecule has 2 aromatic rings. The zero-order chi connectivity index (χ0) is 7.68. The Labute approximate surface area is 74.4 Å². The summed E-state index contributed by atoms with van der Waals surface area (Å²) < 4.78 is 1.32. The Balaban J connectivity index is 2.79. The summed E-state index contributed by atoms with van der Waals surface area (Å²) >= 11 is 7.53. The standard InChI is InChI=1S/C9H7ClS/c10-6-7-2-1-3-9-8(7)4-5-11-9/h1-5H,6H2. The minimum Gasteiger partial charge on any atom is -0.144 e. The first-order valence-corrected chi connectivity index (χ1v) is 4.84. The van der Waals surface area contributed by atoms with E-state index in [1.807, 2.05) is 0 Å². The second-order valence-electron chi connectivity index (χ2n) is 2.38. The van der Waals surface area contributed by atoms with Gasteiger partial charge < -0.3 is 0 Å². The van der Waals surface area contributed by atoms with Crippen molar-refractivity contribution in [3.05, 3.63) is 35.2 Å². The molecule has 0 amide bonds. The van der Waals surface area contributed by atoms with Crippen LogP contribution in [-0.4, -0.2) is 0 Å². The first-order chi connectivity index (χ1) is 5.42. The van der Waals surface area contributed by atoms with Crippen LogP contribution in [0.3, 0.4) is 0 Å². The molecule has 0 bridgehead atoms. The Morgan fingerprint density at radius 1 is 1.27 bits per heavy atom.